The van der Waals surface area contributed by atoms with E-state index in [4.69, 9.17) is 0 Å². The van der Waals surface area contributed by atoms with Gasteiger partial charge in [0.15, 0.2) is 5.82 Å². The second kappa shape index (κ2) is 3.87. The number of nitrogens with one attached hydrogen (secondary N) is 1. The Balaban J connectivity index is 3.10. The molecule has 0 fully saturated rings. The van der Waals surface area contributed by atoms with Gasteiger partial charge in [-0.2, -0.15) is 0 Å². The highest BCUT2D eigenvalue weighted by Crippen LogP contribution is 2.24. The molecule has 0 bridgehead atoms. The van der Waals surface area contributed by atoms with Gasteiger partial charge in [-0.1, -0.05) is 15.9 Å². The minimum Gasteiger partial charge on any atom is -0.324 e. The van der Waals surface area contributed by atoms with Crippen molar-refractivity contribution >= 4 is 27.5 Å². The van der Waals surface area contributed by atoms with Crippen LogP contribution in [0.15, 0.2) is 16.6 Å². The molecule has 1 rings (SSSR count). The highest BCUT2D eigenvalue weighted by molar-refractivity contribution is 9.10. The Morgan fingerprint density at radius 1 is 1.54 bits per heavy atom. The van der Waals surface area contributed by atoms with E-state index in [1.54, 1.807) is 13.0 Å². The summed E-state index contributed by atoms with van der Waals surface area (Å²) in [5.74, 6) is -0.676. The lowest BCUT2D eigenvalue weighted by Gasteiger charge is -2.06. The summed E-state index contributed by atoms with van der Waals surface area (Å²) in [5, 5.41) is 2.41. The minimum absolute atomic E-state index is 0.216. The first-order valence-electron chi connectivity index (χ1n) is 3.74. The molecule has 0 aliphatic rings. The third-order valence-corrected chi connectivity index (χ3v) is 2.49. The normalized spacial score (nSPS) is 9.85. The molecule has 0 saturated carbocycles. The average Bonchev–Trinajstić information content (AvgIpc) is 2.06. The number of halogens is 2. The fraction of sp³-hybridized carbons (Fsp3) is 0.222. The van der Waals surface area contributed by atoms with E-state index in [1.807, 2.05) is 0 Å². The van der Waals surface area contributed by atoms with Gasteiger partial charge in [0, 0.05) is 17.0 Å². The molecule has 70 valence electrons. The van der Waals surface area contributed by atoms with Gasteiger partial charge < -0.3 is 5.32 Å². The highest BCUT2D eigenvalue weighted by atomic mass is 79.9. The van der Waals surface area contributed by atoms with Crippen molar-refractivity contribution in [3.05, 3.63) is 28.0 Å². The van der Waals surface area contributed by atoms with Crippen molar-refractivity contribution in [2.24, 2.45) is 0 Å². The Morgan fingerprint density at radius 3 is 2.69 bits per heavy atom. The third-order valence-electron chi connectivity index (χ3n) is 1.63. The van der Waals surface area contributed by atoms with Gasteiger partial charge in [0.2, 0.25) is 5.91 Å². The fourth-order valence-corrected chi connectivity index (χ4v) is 1.25. The van der Waals surface area contributed by atoms with Gasteiger partial charge in [-0.3, -0.25) is 4.79 Å². The lowest BCUT2D eigenvalue weighted by atomic mass is 10.2. The van der Waals surface area contributed by atoms with Crippen molar-refractivity contribution < 1.29 is 9.18 Å². The van der Waals surface area contributed by atoms with Crippen LogP contribution in [0, 0.1) is 12.7 Å². The van der Waals surface area contributed by atoms with Crippen LogP contribution in [0.2, 0.25) is 0 Å². The predicted octanol–water partition coefficient (Wildman–Crippen LogP) is 2.86. The molecule has 0 unspecified atom stereocenters. The second-order valence-corrected chi connectivity index (χ2v) is 3.57. The van der Waals surface area contributed by atoms with Crippen LogP contribution in [-0.2, 0) is 4.79 Å². The zero-order valence-electron chi connectivity index (χ0n) is 7.32. The van der Waals surface area contributed by atoms with E-state index in [0.717, 1.165) is 0 Å². The number of hydrogen-bond acceptors (Lipinski definition) is 1. The van der Waals surface area contributed by atoms with Crippen LogP contribution in [0.4, 0.5) is 10.1 Å². The molecule has 1 aromatic carbocycles. The number of rotatable bonds is 1. The molecule has 13 heavy (non-hydrogen) atoms. The quantitative estimate of drug-likeness (QED) is 0.810. The van der Waals surface area contributed by atoms with Crippen LogP contribution in [0.25, 0.3) is 0 Å². The Bertz CT molecular complexity index is 352. The molecule has 0 atom stereocenters. The van der Waals surface area contributed by atoms with Crippen molar-refractivity contribution in [3.8, 4) is 0 Å². The number of benzene rings is 1. The van der Waals surface area contributed by atoms with Gasteiger partial charge in [-0.25, -0.2) is 4.39 Å². The molecule has 0 spiro atoms. The summed E-state index contributed by atoms with van der Waals surface area (Å²) < 4.78 is 14.1. The van der Waals surface area contributed by atoms with E-state index in [1.165, 1.54) is 13.0 Å². The number of anilines is 1. The predicted molar refractivity (Wildman–Crippen MR) is 53.1 cm³/mol. The summed E-state index contributed by atoms with van der Waals surface area (Å²) >= 11 is 3.19. The Morgan fingerprint density at radius 2 is 2.15 bits per heavy atom. The van der Waals surface area contributed by atoms with Crippen LogP contribution < -0.4 is 5.32 Å². The van der Waals surface area contributed by atoms with Crippen LogP contribution in [0.3, 0.4) is 0 Å². The molecule has 0 radical (unpaired) electrons. The Kier molecular flexibility index (Phi) is 3.03. The number of hydrogen-bond donors (Lipinski definition) is 1. The molecule has 1 aromatic rings. The van der Waals surface area contributed by atoms with Gasteiger partial charge >= 0.3 is 0 Å². The summed E-state index contributed by atoms with van der Waals surface area (Å²) in [6, 6.07) is 3.22. The second-order valence-electron chi connectivity index (χ2n) is 2.72. The van der Waals surface area contributed by atoms with Crippen LogP contribution in [0.5, 0.6) is 0 Å². The molecule has 1 amide bonds. The van der Waals surface area contributed by atoms with Gasteiger partial charge in [0.1, 0.15) is 0 Å². The fourth-order valence-electron chi connectivity index (χ4n) is 0.948. The summed E-state index contributed by atoms with van der Waals surface area (Å²) in [7, 11) is 0. The summed E-state index contributed by atoms with van der Waals surface area (Å²) in [6.45, 7) is 2.99. The molecular formula is C9H9BrFNO. The Hall–Kier alpha value is -0.900. The average molecular weight is 246 g/mol. The Labute approximate surface area is 84.3 Å². The number of carbonyl (C=O) groups is 1. The monoisotopic (exact) mass is 245 g/mol. The smallest absolute Gasteiger partial charge is 0.221 e. The maximum absolute atomic E-state index is 13.4. The summed E-state index contributed by atoms with van der Waals surface area (Å²) in [4.78, 5) is 10.7. The standard InChI is InChI=1S/C9H9BrFNO/c1-5-7(10)3-4-8(9(5)11)12-6(2)13/h3-4H,1-2H3,(H,12,13). The lowest BCUT2D eigenvalue weighted by Crippen LogP contribution is -2.08. The molecular weight excluding hydrogens is 237 g/mol. The van der Waals surface area contributed by atoms with Crippen LogP contribution in [0.1, 0.15) is 12.5 Å². The zero-order chi connectivity index (χ0) is 10.0. The van der Waals surface area contributed by atoms with Gasteiger partial charge in [-0.15, -0.1) is 0 Å². The molecule has 0 aliphatic carbocycles. The molecule has 2 nitrogen and oxygen atoms in total. The van der Waals surface area contributed by atoms with E-state index < -0.39 is 5.82 Å². The molecule has 4 heteroatoms. The van der Waals surface area contributed by atoms with Crippen LogP contribution >= 0.6 is 15.9 Å². The molecule has 0 heterocycles. The van der Waals surface area contributed by atoms with Gasteiger partial charge in [0.05, 0.1) is 5.69 Å². The van der Waals surface area contributed by atoms with E-state index >= 15 is 0 Å². The van der Waals surface area contributed by atoms with Crippen molar-refractivity contribution in [2.75, 3.05) is 5.32 Å². The SMILES string of the molecule is CC(=O)Nc1ccc(Br)c(C)c1F. The van der Waals surface area contributed by atoms with Crippen molar-refractivity contribution in [3.63, 3.8) is 0 Å². The molecule has 0 aliphatic heterocycles. The van der Waals surface area contributed by atoms with Crippen molar-refractivity contribution in [2.45, 2.75) is 13.8 Å². The van der Waals surface area contributed by atoms with Gasteiger partial charge in [-0.05, 0) is 19.1 Å². The molecule has 0 saturated heterocycles. The maximum Gasteiger partial charge on any atom is 0.221 e. The number of amides is 1. The maximum atomic E-state index is 13.4. The first-order chi connectivity index (χ1) is 6.02. The first kappa shape index (κ1) is 10.2. The van der Waals surface area contributed by atoms with E-state index in [-0.39, 0.29) is 11.6 Å². The summed E-state index contributed by atoms with van der Waals surface area (Å²) in [6.07, 6.45) is 0. The molecule has 1 N–H and O–H groups in total. The van der Waals surface area contributed by atoms with E-state index in [2.05, 4.69) is 21.2 Å². The van der Waals surface area contributed by atoms with Gasteiger partial charge in [0.25, 0.3) is 0 Å². The largest absolute Gasteiger partial charge is 0.324 e. The van der Waals surface area contributed by atoms with E-state index in [0.29, 0.717) is 10.0 Å². The first-order valence-corrected chi connectivity index (χ1v) is 4.54. The molecule has 0 aromatic heterocycles. The summed E-state index contributed by atoms with van der Waals surface area (Å²) in [5.41, 5.74) is 0.708. The highest BCUT2D eigenvalue weighted by Gasteiger charge is 2.08. The van der Waals surface area contributed by atoms with Crippen molar-refractivity contribution in [1.29, 1.82) is 0 Å². The van der Waals surface area contributed by atoms with Crippen molar-refractivity contribution in [1.82, 2.24) is 0 Å². The third kappa shape index (κ3) is 2.28. The lowest BCUT2D eigenvalue weighted by molar-refractivity contribution is -0.114. The topological polar surface area (TPSA) is 29.1 Å². The number of carbonyl (C=O) groups excluding carboxylic acids is 1. The van der Waals surface area contributed by atoms with E-state index in [9.17, 15) is 9.18 Å². The zero-order valence-corrected chi connectivity index (χ0v) is 8.90. The van der Waals surface area contributed by atoms with Crippen LogP contribution in [-0.4, -0.2) is 5.91 Å². The minimum atomic E-state index is -0.399.